The number of esters is 1. The quantitative estimate of drug-likeness (QED) is 0.453. The largest absolute Gasteiger partial charge is 0.497 e. The molecule has 3 rings (SSSR count). The fourth-order valence-corrected chi connectivity index (χ4v) is 4.04. The van der Waals surface area contributed by atoms with E-state index in [1.165, 1.54) is 6.08 Å². The lowest BCUT2D eigenvalue weighted by molar-refractivity contribution is -0.151. The summed E-state index contributed by atoms with van der Waals surface area (Å²) in [5, 5.41) is 0. The topological polar surface area (TPSA) is 80.3 Å². The summed E-state index contributed by atoms with van der Waals surface area (Å²) in [5.41, 5.74) is 2.31. The lowest BCUT2D eigenvalue weighted by atomic mass is 9.73. The zero-order chi connectivity index (χ0) is 23.3. The third kappa shape index (κ3) is 4.56. The van der Waals surface area contributed by atoms with Crippen LogP contribution in [-0.4, -0.2) is 46.8 Å². The van der Waals surface area contributed by atoms with Crippen molar-refractivity contribution in [1.82, 2.24) is 0 Å². The van der Waals surface area contributed by atoms with E-state index in [1.54, 1.807) is 59.6 Å². The lowest BCUT2D eigenvalue weighted by Crippen LogP contribution is -2.34. The number of methoxy groups -OCH3 is 4. The van der Waals surface area contributed by atoms with E-state index >= 15 is 0 Å². The van der Waals surface area contributed by atoms with Crippen molar-refractivity contribution < 1.29 is 33.3 Å². The van der Waals surface area contributed by atoms with E-state index in [9.17, 15) is 9.59 Å². The molecule has 0 unspecified atom stereocenters. The summed E-state index contributed by atoms with van der Waals surface area (Å²) in [6, 6.07) is 10.8. The van der Waals surface area contributed by atoms with Gasteiger partial charge in [-0.1, -0.05) is 6.07 Å². The SMILES string of the molecule is CCOC(=O)[C@H]1C(=O)C=C(c2ccc(OC)c(OC)c2)C[C@H]1c1cc(OC)ccc1OC. The Kier molecular flexibility index (Phi) is 7.41. The minimum atomic E-state index is -0.972. The molecule has 0 heterocycles. The molecule has 2 aromatic rings. The number of rotatable bonds is 8. The van der Waals surface area contributed by atoms with E-state index in [-0.39, 0.29) is 12.4 Å². The minimum Gasteiger partial charge on any atom is -0.497 e. The minimum absolute atomic E-state index is 0.191. The predicted molar refractivity (Wildman–Crippen MR) is 120 cm³/mol. The maximum Gasteiger partial charge on any atom is 0.317 e. The van der Waals surface area contributed by atoms with Gasteiger partial charge >= 0.3 is 5.97 Å². The van der Waals surface area contributed by atoms with Crippen molar-refractivity contribution in [2.45, 2.75) is 19.3 Å². The number of benzene rings is 2. The van der Waals surface area contributed by atoms with Crippen LogP contribution in [0.5, 0.6) is 23.0 Å². The van der Waals surface area contributed by atoms with Gasteiger partial charge in [-0.2, -0.15) is 0 Å². The summed E-state index contributed by atoms with van der Waals surface area (Å²) in [5.74, 6) is 0.0178. The number of ether oxygens (including phenoxy) is 5. The van der Waals surface area contributed by atoms with Crippen LogP contribution < -0.4 is 18.9 Å². The van der Waals surface area contributed by atoms with Gasteiger partial charge in [-0.15, -0.1) is 0 Å². The second-order valence-corrected chi connectivity index (χ2v) is 7.29. The van der Waals surface area contributed by atoms with E-state index in [0.29, 0.717) is 35.0 Å². The molecule has 1 aliphatic carbocycles. The third-order valence-corrected chi connectivity index (χ3v) is 5.60. The van der Waals surface area contributed by atoms with Crippen molar-refractivity contribution in [3.8, 4) is 23.0 Å². The van der Waals surface area contributed by atoms with Crippen molar-refractivity contribution in [3.63, 3.8) is 0 Å². The molecule has 0 aromatic heterocycles. The molecule has 32 heavy (non-hydrogen) atoms. The Morgan fingerprint density at radius 3 is 2.22 bits per heavy atom. The van der Waals surface area contributed by atoms with Crippen LogP contribution in [0.25, 0.3) is 5.57 Å². The summed E-state index contributed by atoms with van der Waals surface area (Å²) >= 11 is 0. The van der Waals surface area contributed by atoms with Crippen molar-refractivity contribution in [3.05, 3.63) is 53.6 Å². The molecule has 2 aromatic carbocycles. The average molecular weight is 440 g/mol. The summed E-state index contributed by atoms with van der Waals surface area (Å²) in [6.45, 7) is 1.91. The first-order chi connectivity index (χ1) is 15.5. The molecular formula is C25H28O7. The maximum absolute atomic E-state index is 13.2. The number of ketones is 1. The van der Waals surface area contributed by atoms with Crippen LogP contribution in [0.1, 0.15) is 30.4 Å². The molecule has 0 amide bonds. The molecule has 7 nitrogen and oxygen atoms in total. The summed E-state index contributed by atoms with van der Waals surface area (Å²) in [6.07, 6.45) is 1.94. The Hall–Kier alpha value is -3.48. The van der Waals surface area contributed by atoms with Gasteiger partial charge in [0.15, 0.2) is 17.3 Å². The Morgan fingerprint density at radius 2 is 1.59 bits per heavy atom. The third-order valence-electron chi connectivity index (χ3n) is 5.60. The molecule has 1 aliphatic rings. The van der Waals surface area contributed by atoms with Gasteiger partial charge in [0.2, 0.25) is 0 Å². The maximum atomic E-state index is 13.2. The van der Waals surface area contributed by atoms with Crippen molar-refractivity contribution >= 4 is 17.3 Å². The van der Waals surface area contributed by atoms with Gasteiger partial charge in [-0.3, -0.25) is 9.59 Å². The van der Waals surface area contributed by atoms with Gasteiger partial charge in [0.05, 0.1) is 35.0 Å². The number of hydrogen-bond donors (Lipinski definition) is 0. The first-order valence-corrected chi connectivity index (χ1v) is 10.3. The number of carbonyl (C=O) groups excluding carboxylic acids is 2. The van der Waals surface area contributed by atoms with Crippen LogP contribution in [0.3, 0.4) is 0 Å². The lowest BCUT2D eigenvalue weighted by Gasteiger charge is -2.30. The van der Waals surface area contributed by atoms with Gasteiger partial charge in [-0.05, 0) is 60.9 Å². The molecule has 7 heteroatoms. The zero-order valence-electron chi connectivity index (χ0n) is 19.0. The highest BCUT2D eigenvalue weighted by atomic mass is 16.5. The van der Waals surface area contributed by atoms with Gasteiger partial charge in [0.25, 0.3) is 0 Å². The first kappa shape index (κ1) is 23.2. The normalized spacial score (nSPS) is 17.9. The predicted octanol–water partition coefficient (Wildman–Crippen LogP) is 4.04. The van der Waals surface area contributed by atoms with Crippen LogP contribution in [0.2, 0.25) is 0 Å². The fourth-order valence-electron chi connectivity index (χ4n) is 4.04. The fraction of sp³-hybridized carbons (Fsp3) is 0.360. The molecule has 0 radical (unpaired) electrons. The zero-order valence-corrected chi connectivity index (χ0v) is 19.0. The highest BCUT2D eigenvalue weighted by Gasteiger charge is 2.41. The number of allylic oxidation sites excluding steroid dienone is 2. The molecular weight excluding hydrogens is 412 g/mol. The Morgan fingerprint density at radius 1 is 0.906 bits per heavy atom. The summed E-state index contributed by atoms with van der Waals surface area (Å²) < 4.78 is 26.9. The van der Waals surface area contributed by atoms with Crippen molar-refractivity contribution in [2.75, 3.05) is 35.0 Å². The van der Waals surface area contributed by atoms with Gasteiger partial charge < -0.3 is 23.7 Å². The second kappa shape index (κ2) is 10.2. The molecule has 0 fully saturated rings. The smallest absolute Gasteiger partial charge is 0.317 e. The van der Waals surface area contributed by atoms with Gasteiger partial charge in [-0.25, -0.2) is 0 Å². The van der Waals surface area contributed by atoms with Crippen LogP contribution in [0.4, 0.5) is 0 Å². The van der Waals surface area contributed by atoms with Gasteiger partial charge in [0, 0.05) is 11.5 Å². The highest BCUT2D eigenvalue weighted by Crippen LogP contribution is 2.45. The van der Waals surface area contributed by atoms with Crippen LogP contribution in [0, 0.1) is 5.92 Å². The van der Waals surface area contributed by atoms with E-state index in [0.717, 1.165) is 11.1 Å². The summed E-state index contributed by atoms with van der Waals surface area (Å²) in [4.78, 5) is 26.0. The Balaban J connectivity index is 2.12. The van der Waals surface area contributed by atoms with Crippen LogP contribution >= 0.6 is 0 Å². The van der Waals surface area contributed by atoms with Crippen molar-refractivity contribution in [1.29, 1.82) is 0 Å². The van der Waals surface area contributed by atoms with E-state index in [2.05, 4.69) is 0 Å². The van der Waals surface area contributed by atoms with E-state index in [4.69, 9.17) is 23.7 Å². The standard InChI is InChI=1S/C25H28O7/c1-6-32-25(27)24-19(18-14-17(28-2)8-10-21(18)29-3)11-16(12-20(24)26)15-7-9-22(30-4)23(13-15)31-5/h7-10,12-14,19,24H,6,11H2,1-5H3/t19-,24+/m0/s1. The average Bonchev–Trinajstić information content (AvgIpc) is 2.82. The molecule has 0 saturated heterocycles. The van der Waals surface area contributed by atoms with Crippen LogP contribution in [-0.2, 0) is 14.3 Å². The van der Waals surface area contributed by atoms with Crippen molar-refractivity contribution in [2.24, 2.45) is 5.92 Å². The molecule has 0 bridgehead atoms. The molecule has 170 valence electrons. The Labute approximate surface area is 187 Å². The van der Waals surface area contributed by atoms with Crippen LogP contribution in [0.15, 0.2) is 42.5 Å². The summed E-state index contributed by atoms with van der Waals surface area (Å²) in [7, 11) is 6.24. The van der Waals surface area contributed by atoms with E-state index in [1.807, 2.05) is 12.1 Å². The first-order valence-electron chi connectivity index (χ1n) is 10.3. The highest BCUT2D eigenvalue weighted by molar-refractivity contribution is 6.10. The molecule has 0 N–H and O–H groups in total. The number of carbonyl (C=O) groups is 2. The second-order valence-electron chi connectivity index (χ2n) is 7.29. The Bertz CT molecular complexity index is 1020. The molecule has 2 atom stereocenters. The van der Waals surface area contributed by atoms with Gasteiger partial charge in [0.1, 0.15) is 17.4 Å². The molecule has 0 aliphatic heterocycles. The monoisotopic (exact) mass is 440 g/mol. The number of hydrogen-bond acceptors (Lipinski definition) is 7. The van der Waals surface area contributed by atoms with E-state index < -0.39 is 17.8 Å². The molecule has 0 spiro atoms. The molecule has 0 saturated carbocycles.